The van der Waals surface area contributed by atoms with Crippen LogP contribution in [0, 0.1) is 17.2 Å². The van der Waals surface area contributed by atoms with Gasteiger partial charge in [0.1, 0.15) is 0 Å². The quantitative estimate of drug-likeness (QED) is 0.733. The van der Waals surface area contributed by atoms with E-state index in [2.05, 4.69) is 6.07 Å². The highest BCUT2D eigenvalue weighted by atomic mass is 16.5. The van der Waals surface area contributed by atoms with Crippen molar-refractivity contribution in [2.24, 2.45) is 5.92 Å². The minimum absolute atomic E-state index is 0.0446. The zero-order valence-corrected chi connectivity index (χ0v) is 8.73. The molecular formula is C13H15NO. The van der Waals surface area contributed by atoms with E-state index in [-0.39, 0.29) is 6.10 Å². The third kappa shape index (κ3) is 3.07. The molecule has 1 aliphatic rings. The van der Waals surface area contributed by atoms with Crippen molar-refractivity contribution in [3.8, 4) is 6.07 Å². The largest absolute Gasteiger partial charge is 0.372 e. The van der Waals surface area contributed by atoms with Crippen molar-refractivity contribution in [2.45, 2.75) is 25.4 Å². The van der Waals surface area contributed by atoms with Crippen molar-refractivity contribution >= 4 is 0 Å². The summed E-state index contributed by atoms with van der Waals surface area (Å²) < 4.78 is 5.77. The molecule has 1 aromatic carbocycles. The number of hydrogen-bond acceptors (Lipinski definition) is 2. The summed E-state index contributed by atoms with van der Waals surface area (Å²) >= 11 is 0. The van der Waals surface area contributed by atoms with Crippen LogP contribution in [0.2, 0.25) is 0 Å². The fourth-order valence-electron chi connectivity index (χ4n) is 1.56. The molecule has 2 rings (SSSR count). The second-order valence-electron chi connectivity index (χ2n) is 4.04. The van der Waals surface area contributed by atoms with Crippen molar-refractivity contribution in [1.29, 1.82) is 5.26 Å². The zero-order valence-electron chi connectivity index (χ0n) is 8.73. The van der Waals surface area contributed by atoms with E-state index in [0.717, 1.165) is 18.1 Å². The molecule has 0 saturated heterocycles. The van der Waals surface area contributed by atoms with E-state index in [4.69, 9.17) is 10.00 Å². The van der Waals surface area contributed by atoms with E-state index in [0.29, 0.717) is 6.42 Å². The van der Waals surface area contributed by atoms with Gasteiger partial charge in [-0.2, -0.15) is 5.26 Å². The third-order valence-electron chi connectivity index (χ3n) is 2.68. The van der Waals surface area contributed by atoms with Crippen LogP contribution >= 0.6 is 0 Å². The van der Waals surface area contributed by atoms with Gasteiger partial charge in [-0.15, -0.1) is 0 Å². The highest BCUT2D eigenvalue weighted by Crippen LogP contribution is 2.31. The van der Waals surface area contributed by atoms with Crippen LogP contribution < -0.4 is 0 Å². The van der Waals surface area contributed by atoms with Crippen LogP contribution in [0.25, 0.3) is 0 Å². The lowest BCUT2D eigenvalue weighted by molar-refractivity contribution is 0.0483. The smallest absolute Gasteiger partial charge is 0.0954 e. The zero-order chi connectivity index (χ0) is 10.5. The predicted octanol–water partition coefficient (Wildman–Crippen LogP) is 3.07. The molecule has 0 radical (unpaired) electrons. The highest BCUT2D eigenvalue weighted by Gasteiger charge is 2.23. The number of ether oxygens (including phenoxy) is 1. The van der Waals surface area contributed by atoms with Gasteiger partial charge in [0.05, 0.1) is 25.2 Å². The summed E-state index contributed by atoms with van der Waals surface area (Å²) in [6.07, 6.45) is 2.97. The Morgan fingerprint density at radius 1 is 1.33 bits per heavy atom. The lowest BCUT2D eigenvalue weighted by Gasteiger charge is -2.14. The van der Waals surface area contributed by atoms with Crippen molar-refractivity contribution in [3.63, 3.8) is 0 Å². The van der Waals surface area contributed by atoms with Crippen LogP contribution in [-0.2, 0) is 4.74 Å². The number of benzene rings is 1. The van der Waals surface area contributed by atoms with E-state index in [9.17, 15) is 0 Å². The molecule has 1 saturated carbocycles. The first-order valence-electron chi connectivity index (χ1n) is 5.43. The summed E-state index contributed by atoms with van der Waals surface area (Å²) in [5.74, 6) is 0.745. The van der Waals surface area contributed by atoms with Gasteiger partial charge < -0.3 is 4.74 Å². The monoisotopic (exact) mass is 201 g/mol. The molecule has 2 nitrogen and oxygen atoms in total. The van der Waals surface area contributed by atoms with Gasteiger partial charge in [0.15, 0.2) is 0 Å². The molecule has 1 aliphatic carbocycles. The maximum atomic E-state index is 8.75. The van der Waals surface area contributed by atoms with Gasteiger partial charge in [-0.05, 0) is 24.3 Å². The summed E-state index contributed by atoms with van der Waals surface area (Å²) in [6.45, 7) is 0.807. The van der Waals surface area contributed by atoms with Gasteiger partial charge in [0.25, 0.3) is 0 Å². The molecule has 0 aliphatic heterocycles. The van der Waals surface area contributed by atoms with Crippen molar-refractivity contribution < 1.29 is 4.74 Å². The van der Waals surface area contributed by atoms with Crippen LogP contribution in [0.4, 0.5) is 0 Å². The first kappa shape index (κ1) is 10.2. The molecule has 0 spiro atoms. The molecule has 1 fully saturated rings. The summed E-state index contributed by atoms with van der Waals surface area (Å²) in [7, 11) is 0. The Bertz CT molecular complexity index is 337. The van der Waals surface area contributed by atoms with Gasteiger partial charge in [0.2, 0.25) is 0 Å². The molecule has 1 unspecified atom stereocenters. The molecule has 15 heavy (non-hydrogen) atoms. The topological polar surface area (TPSA) is 33.0 Å². The van der Waals surface area contributed by atoms with E-state index in [1.165, 1.54) is 12.8 Å². The Balaban J connectivity index is 1.95. The van der Waals surface area contributed by atoms with Gasteiger partial charge in [0, 0.05) is 0 Å². The average Bonchev–Trinajstić information content (AvgIpc) is 3.09. The highest BCUT2D eigenvalue weighted by molar-refractivity contribution is 5.18. The SMILES string of the molecule is N#CCC(OCC1CC1)c1ccccc1. The van der Waals surface area contributed by atoms with E-state index in [1.54, 1.807) is 0 Å². The molecule has 1 aromatic rings. The van der Waals surface area contributed by atoms with E-state index in [1.807, 2.05) is 30.3 Å². The maximum absolute atomic E-state index is 8.75. The van der Waals surface area contributed by atoms with Gasteiger partial charge in [-0.25, -0.2) is 0 Å². The van der Waals surface area contributed by atoms with Crippen LogP contribution in [0.3, 0.4) is 0 Å². The van der Waals surface area contributed by atoms with Crippen LogP contribution in [0.15, 0.2) is 30.3 Å². The molecular weight excluding hydrogens is 186 g/mol. The lowest BCUT2D eigenvalue weighted by Crippen LogP contribution is -2.06. The Labute approximate surface area is 90.5 Å². The standard InChI is InChI=1S/C13H15NO/c14-9-8-13(15-10-11-6-7-11)12-4-2-1-3-5-12/h1-5,11,13H,6-8,10H2. The normalized spacial score (nSPS) is 17.0. The number of nitriles is 1. The first-order valence-corrected chi connectivity index (χ1v) is 5.43. The number of rotatable bonds is 5. The fourth-order valence-corrected chi connectivity index (χ4v) is 1.56. The molecule has 0 heterocycles. The molecule has 0 bridgehead atoms. The number of hydrogen-bond donors (Lipinski definition) is 0. The first-order chi connectivity index (χ1) is 7.40. The van der Waals surface area contributed by atoms with Crippen LogP contribution in [-0.4, -0.2) is 6.61 Å². The Hall–Kier alpha value is -1.33. The summed E-state index contributed by atoms with van der Waals surface area (Å²) in [4.78, 5) is 0. The van der Waals surface area contributed by atoms with Gasteiger partial charge in [-0.1, -0.05) is 30.3 Å². The molecule has 0 aromatic heterocycles. The molecule has 1 atom stereocenters. The molecule has 0 N–H and O–H groups in total. The van der Waals surface area contributed by atoms with Crippen molar-refractivity contribution in [3.05, 3.63) is 35.9 Å². The fraction of sp³-hybridized carbons (Fsp3) is 0.462. The van der Waals surface area contributed by atoms with Gasteiger partial charge in [-0.3, -0.25) is 0 Å². The second kappa shape index (κ2) is 4.95. The van der Waals surface area contributed by atoms with Crippen molar-refractivity contribution in [1.82, 2.24) is 0 Å². The summed E-state index contributed by atoms with van der Waals surface area (Å²) in [6, 6.07) is 12.2. The maximum Gasteiger partial charge on any atom is 0.0954 e. The molecule has 0 amide bonds. The molecule has 2 heteroatoms. The van der Waals surface area contributed by atoms with Crippen molar-refractivity contribution in [2.75, 3.05) is 6.61 Å². The minimum atomic E-state index is -0.0446. The number of nitrogens with zero attached hydrogens (tertiary/aromatic N) is 1. The average molecular weight is 201 g/mol. The van der Waals surface area contributed by atoms with Gasteiger partial charge >= 0.3 is 0 Å². The Morgan fingerprint density at radius 3 is 2.67 bits per heavy atom. The minimum Gasteiger partial charge on any atom is -0.372 e. The van der Waals surface area contributed by atoms with Crippen LogP contribution in [0.5, 0.6) is 0 Å². The third-order valence-corrected chi connectivity index (χ3v) is 2.68. The van der Waals surface area contributed by atoms with Crippen LogP contribution in [0.1, 0.15) is 30.9 Å². The Morgan fingerprint density at radius 2 is 2.07 bits per heavy atom. The summed E-state index contributed by atoms with van der Waals surface area (Å²) in [5, 5.41) is 8.75. The second-order valence-corrected chi connectivity index (χ2v) is 4.04. The molecule has 78 valence electrons. The van der Waals surface area contributed by atoms with E-state index >= 15 is 0 Å². The summed E-state index contributed by atoms with van der Waals surface area (Å²) in [5.41, 5.74) is 1.11. The van der Waals surface area contributed by atoms with E-state index < -0.39 is 0 Å². The lowest BCUT2D eigenvalue weighted by atomic mass is 10.1. The predicted molar refractivity (Wildman–Crippen MR) is 58.1 cm³/mol. The Kier molecular flexibility index (Phi) is 3.37.